The summed E-state index contributed by atoms with van der Waals surface area (Å²) in [5.41, 5.74) is 1.27. The Bertz CT molecular complexity index is 764. The van der Waals surface area contributed by atoms with Gasteiger partial charge in [-0.3, -0.25) is 4.79 Å². The van der Waals surface area contributed by atoms with Gasteiger partial charge < -0.3 is 14.6 Å². The molecule has 1 N–H and O–H groups in total. The fraction of sp³-hybridized carbons (Fsp3) is 0.294. The van der Waals surface area contributed by atoms with Crippen LogP contribution in [0.3, 0.4) is 0 Å². The van der Waals surface area contributed by atoms with Crippen LogP contribution in [0.1, 0.15) is 24.3 Å². The molecule has 5 nitrogen and oxygen atoms in total. The van der Waals surface area contributed by atoms with Crippen LogP contribution in [-0.2, 0) is 0 Å². The fourth-order valence-corrected chi connectivity index (χ4v) is 2.15. The maximum absolute atomic E-state index is 12.4. The maximum Gasteiger partial charge on any atom is 0.221 e. The summed E-state index contributed by atoms with van der Waals surface area (Å²) in [6, 6.07) is 9.28. The van der Waals surface area contributed by atoms with Crippen molar-refractivity contribution in [2.24, 2.45) is 0 Å². The van der Waals surface area contributed by atoms with Crippen LogP contribution in [0, 0.1) is 11.3 Å². The zero-order valence-electron chi connectivity index (χ0n) is 13.2. The molecular weight excluding hydrogens is 278 g/mol. The van der Waals surface area contributed by atoms with Crippen LogP contribution in [0.25, 0.3) is 10.9 Å². The third kappa shape index (κ3) is 3.29. The lowest BCUT2D eigenvalue weighted by atomic mass is 10.1. The summed E-state index contributed by atoms with van der Waals surface area (Å²) in [5.74, 6) is 0.390. The molecule has 5 heteroatoms. The normalized spacial score (nSPS) is 11.5. The molecule has 2 rings (SSSR count). The molecule has 0 bridgehead atoms. The monoisotopic (exact) mass is 297 g/mol. The van der Waals surface area contributed by atoms with Crippen molar-refractivity contribution in [3.8, 4) is 11.8 Å². The summed E-state index contributed by atoms with van der Waals surface area (Å²) in [6.45, 7) is 3.90. The van der Waals surface area contributed by atoms with Crippen LogP contribution in [0.15, 0.2) is 36.0 Å². The van der Waals surface area contributed by atoms with Crippen LogP contribution >= 0.6 is 0 Å². The summed E-state index contributed by atoms with van der Waals surface area (Å²) in [4.78, 5) is 17.2. The Morgan fingerprint density at radius 2 is 2.14 bits per heavy atom. The number of hydrogen-bond acceptors (Lipinski definition) is 4. The van der Waals surface area contributed by atoms with Gasteiger partial charge in [0.2, 0.25) is 5.78 Å². The zero-order chi connectivity index (χ0) is 16.3. The van der Waals surface area contributed by atoms with E-state index in [0.717, 1.165) is 16.7 Å². The molecule has 0 saturated carbocycles. The first-order valence-corrected chi connectivity index (χ1v) is 7.03. The Labute approximate surface area is 129 Å². The number of fused-ring (bicyclic) bond motifs is 1. The van der Waals surface area contributed by atoms with Crippen molar-refractivity contribution in [1.82, 2.24) is 9.88 Å². The highest BCUT2D eigenvalue weighted by Crippen LogP contribution is 2.28. The van der Waals surface area contributed by atoms with E-state index in [9.17, 15) is 4.79 Å². The number of aromatic amines is 1. The minimum Gasteiger partial charge on any atom is -0.490 e. The average Bonchev–Trinajstić information content (AvgIpc) is 2.88. The fourth-order valence-electron chi connectivity index (χ4n) is 2.15. The van der Waals surface area contributed by atoms with E-state index in [2.05, 4.69) is 4.98 Å². The number of allylic oxidation sites excluding steroid dienone is 1. The third-order valence-corrected chi connectivity index (χ3v) is 2.98. The Balaban J connectivity index is 2.46. The predicted octanol–water partition coefficient (Wildman–Crippen LogP) is 3.11. The van der Waals surface area contributed by atoms with Crippen LogP contribution in [0.5, 0.6) is 5.75 Å². The van der Waals surface area contributed by atoms with Crippen LogP contribution < -0.4 is 4.74 Å². The smallest absolute Gasteiger partial charge is 0.221 e. The number of benzene rings is 1. The SMILES string of the molecule is CC(C)Oc1cccc2[nH]c(C(=O)/C(C#N)=C\N(C)C)cc12. The first kappa shape index (κ1) is 15.6. The van der Waals surface area contributed by atoms with Gasteiger partial charge in [0.25, 0.3) is 0 Å². The molecule has 0 spiro atoms. The van der Waals surface area contributed by atoms with Gasteiger partial charge in [0.15, 0.2) is 0 Å². The molecule has 1 aromatic carbocycles. The van der Waals surface area contributed by atoms with E-state index in [-0.39, 0.29) is 17.5 Å². The molecule has 0 aliphatic rings. The topological polar surface area (TPSA) is 69.1 Å². The van der Waals surface area contributed by atoms with Crippen molar-refractivity contribution in [3.63, 3.8) is 0 Å². The van der Waals surface area contributed by atoms with Gasteiger partial charge in [0.05, 0.1) is 11.8 Å². The van der Waals surface area contributed by atoms with Crippen LogP contribution in [0.2, 0.25) is 0 Å². The van der Waals surface area contributed by atoms with E-state index in [1.54, 1.807) is 25.1 Å². The van der Waals surface area contributed by atoms with Gasteiger partial charge in [-0.1, -0.05) is 6.07 Å². The first-order chi connectivity index (χ1) is 10.4. The largest absolute Gasteiger partial charge is 0.490 e. The number of H-pyrrole nitrogens is 1. The summed E-state index contributed by atoms with van der Waals surface area (Å²) in [6.07, 6.45) is 1.56. The standard InChI is InChI=1S/C17H19N3O2/c1-11(2)22-16-7-5-6-14-13(16)8-15(19-14)17(21)12(9-18)10-20(3)4/h5-8,10-11,19H,1-4H3/b12-10-. The summed E-state index contributed by atoms with van der Waals surface area (Å²) in [7, 11) is 3.54. The molecule has 0 atom stereocenters. The zero-order valence-corrected chi connectivity index (χ0v) is 13.2. The van der Waals surface area contributed by atoms with E-state index < -0.39 is 0 Å². The predicted molar refractivity (Wildman–Crippen MR) is 85.8 cm³/mol. The quantitative estimate of drug-likeness (QED) is 0.523. The number of ketones is 1. The molecule has 22 heavy (non-hydrogen) atoms. The molecule has 1 aromatic heterocycles. The lowest BCUT2D eigenvalue weighted by Gasteiger charge is -2.10. The van der Waals surface area contributed by atoms with Gasteiger partial charge in [-0.15, -0.1) is 0 Å². The molecule has 0 amide bonds. The van der Waals surface area contributed by atoms with E-state index in [1.807, 2.05) is 38.1 Å². The molecule has 114 valence electrons. The van der Waals surface area contributed by atoms with Crippen molar-refractivity contribution in [2.75, 3.05) is 14.1 Å². The minimum atomic E-state index is -0.331. The number of aromatic nitrogens is 1. The van der Waals surface area contributed by atoms with Gasteiger partial charge in [0.1, 0.15) is 17.4 Å². The van der Waals surface area contributed by atoms with Crippen LogP contribution in [0.4, 0.5) is 0 Å². The average molecular weight is 297 g/mol. The number of nitrogens with zero attached hydrogens (tertiary/aromatic N) is 2. The maximum atomic E-state index is 12.4. The number of carbonyl (C=O) groups is 1. The van der Waals surface area contributed by atoms with E-state index >= 15 is 0 Å². The Morgan fingerprint density at radius 1 is 1.41 bits per heavy atom. The Kier molecular flexibility index (Phi) is 4.52. The van der Waals surface area contributed by atoms with Gasteiger partial charge in [-0.25, -0.2) is 0 Å². The number of carbonyl (C=O) groups excluding carboxylic acids is 1. The van der Waals surface area contributed by atoms with E-state index in [4.69, 9.17) is 10.00 Å². The summed E-state index contributed by atoms with van der Waals surface area (Å²) >= 11 is 0. The first-order valence-electron chi connectivity index (χ1n) is 7.03. The highest BCUT2D eigenvalue weighted by atomic mass is 16.5. The van der Waals surface area contributed by atoms with Crippen molar-refractivity contribution in [2.45, 2.75) is 20.0 Å². The minimum absolute atomic E-state index is 0.0444. The second kappa shape index (κ2) is 6.35. The molecule has 0 radical (unpaired) electrons. The van der Waals surface area contributed by atoms with Crippen molar-refractivity contribution in [3.05, 3.63) is 41.7 Å². The highest BCUT2D eigenvalue weighted by Gasteiger charge is 2.17. The van der Waals surface area contributed by atoms with E-state index in [0.29, 0.717) is 5.69 Å². The number of hydrogen-bond donors (Lipinski definition) is 1. The molecule has 0 aliphatic carbocycles. The van der Waals surface area contributed by atoms with Gasteiger partial charge in [-0.2, -0.15) is 5.26 Å². The number of ether oxygens (including phenoxy) is 1. The molecule has 1 heterocycles. The van der Waals surface area contributed by atoms with Crippen molar-refractivity contribution < 1.29 is 9.53 Å². The second-order valence-corrected chi connectivity index (χ2v) is 5.51. The lowest BCUT2D eigenvalue weighted by molar-refractivity contribution is 0.103. The van der Waals surface area contributed by atoms with Gasteiger partial charge in [-0.05, 0) is 32.0 Å². The second-order valence-electron chi connectivity index (χ2n) is 5.51. The Hall–Kier alpha value is -2.74. The molecule has 0 aliphatic heterocycles. The van der Waals surface area contributed by atoms with Gasteiger partial charge in [0, 0.05) is 31.2 Å². The number of Topliss-reactive ketones (excluding diaryl/α,β-unsaturated/α-hetero) is 1. The number of nitriles is 1. The van der Waals surface area contributed by atoms with Crippen molar-refractivity contribution in [1.29, 1.82) is 5.26 Å². The van der Waals surface area contributed by atoms with Gasteiger partial charge >= 0.3 is 0 Å². The van der Waals surface area contributed by atoms with Crippen molar-refractivity contribution >= 4 is 16.7 Å². The molecule has 0 fully saturated rings. The number of rotatable bonds is 5. The Morgan fingerprint density at radius 3 is 2.73 bits per heavy atom. The summed E-state index contributed by atoms with van der Waals surface area (Å²) < 4.78 is 5.75. The molecule has 2 aromatic rings. The molecule has 0 saturated heterocycles. The number of nitrogens with one attached hydrogen (secondary N) is 1. The van der Waals surface area contributed by atoms with Crippen LogP contribution in [-0.4, -0.2) is 35.9 Å². The summed E-state index contributed by atoms with van der Waals surface area (Å²) in [5, 5.41) is 9.99. The molecule has 0 unspecified atom stereocenters. The molecular formula is C17H19N3O2. The highest BCUT2D eigenvalue weighted by molar-refractivity contribution is 6.12. The third-order valence-electron chi connectivity index (χ3n) is 2.98. The lowest BCUT2D eigenvalue weighted by Crippen LogP contribution is -2.09. The van der Waals surface area contributed by atoms with E-state index in [1.165, 1.54) is 6.20 Å².